The van der Waals surface area contributed by atoms with E-state index in [1.54, 1.807) is 0 Å². The van der Waals surface area contributed by atoms with Crippen LogP contribution in [0, 0.1) is 0 Å². The van der Waals surface area contributed by atoms with Gasteiger partial charge in [0.05, 0.1) is 0 Å². The monoisotopic (exact) mass is 446 g/mol. The molecule has 0 heterocycles. The predicted octanol–water partition coefficient (Wildman–Crippen LogP) is 11.1. The van der Waals surface area contributed by atoms with E-state index in [4.69, 9.17) is 0 Å². The summed E-state index contributed by atoms with van der Waals surface area (Å²) in [6.07, 6.45) is 39.6. The lowest BCUT2D eigenvalue weighted by molar-refractivity contribution is -0.119. The van der Waals surface area contributed by atoms with E-state index in [1.807, 2.05) is 0 Å². The normalized spacial score (nSPS) is 11.8. The number of ketones is 1. The zero-order valence-electron chi connectivity index (χ0n) is 22.2. The number of rotatable bonds is 26. The van der Waals surface area contributed by atoms with Crippen molar-refractivity contribution in [1.82, 2.24) is 0 Å². The molecule has 0 unspecified atom stereocenters. The predicted molar refractivity (Wildman–Crippen MR) is 145 cm³/mol. The maximum absolute atomic E-state index is 12.0. The lowest BCUT2D eigenvalue weighted by atomic mass is 10.0. The summed E-state index contributed by atoms with van der Waals surface area (Å²) in [5.41, 5.74) is 0. The van der Waals surface area contributed by atoms with Crippen LogP contribution in [0.5, 0.6) is 0 Å². The average molecular weight is 447 g/mol. The summed E-state index contributed by atoms with van der Waals surface area (Å²) in [6.45, 7) is 4.53. The van der Waals surface area contributed by atoms with E-state index in [0.717, 1.165) is 32.1 Å². The summed E-state index contributed by atoms with van der Waals surface area (Å²) in [4.78, 5) is 12.0. The van der Waals surface area contributed by atoms with Crippen molar-refractivity contribution in [3.8, 4) is 0 Å². The molecule has 0 aromatic carbocycles. The van der Waals surface area contributed by atoms with Crippen LogP contribution in [-0.4, -0.2) is 5.78 Å². The van der Waals surface area contributed by atoms with Crippen LogP contribution < -0.4 is 0 Å². The van der Waals surface area contributed by atoms with Gasteiger partial charge >= 0.3 is 0 Å². The van der Waals surface area contributed by atoms with Crippen molar-refractivity contribution in [3.63, 3.8) is 0 Å². The molecular weight excluding hydrogens is 388 g/mol. The summed E-state index contributed by atoms with van der Waals surface area (Å²) in [6, 6.07) is 0. The van der Waals surface area contributed by atoms with Gasteiger partial charge in [0.15, 0.2) is 0 Å². The first-order chi connectivity index (χ1) is 15.8. The van der Waals surface area contributed by atoms with Gasteiger partial charge in [-0.1, -0.05) is 134 Å². The number of Topliss-reactive ketones (excluding diaryl/α,β-unsaturated/α-hetero) is 1. The summed E-state index contributed by atoms with van der Waals surface area (Å²) in [7, 11) is 0. The smallest absolute Gasteiger partial charge is 0.132 e. The van der Waals surface area contributed by atoms with Crippen LogP contribution in [0.2, 0.25) is 0 Å². The molecule has 0 rings (SSSR count). The van der Waals surface area contributed by atoms with E-state index in [0.29, 0.717) is 5.78 Å². The molecular formula is C31H58O. The van der Waals surface area contributed by atoms with E-state index < -0.39 is 0 Å². The molecule has 0 N–H and O–H groups in total. The molecule has 1 nitrogen and oxygen atoms in total. The van der Waals surface area contributed by atoms with Gasteiger partial charge in [0.25, 0.3) is 0 Å². The highest BCUT2D eigenvalue weighted by Gasteiger charge is 2.02. The van der Waals surface area contributed by atoms with Crippen LogP contribution in [0.1, 0.15) is 168 Å². The third-order valence-corrected chi connectivity index (χ3v) is 6.47. The zero-order chi connectivity index (χ0) is 23.4. The Bertz CT molecular complexity index is 420. The van der Waals surface area contributed by atoms with Crippen LogP contribution >= 0.6 is 0 Å². The summed E-state index contributed by atoms with van der Waals surface area (Å²) in [5.74, 6) is 0.510. The second-order valence-corrected chi connectivity index (χ2v) is 9.80. The fraction of sp³-hybridized carbons (Fsp3) is 0.839. The highest BCUT2D eigenvalue weighted by molar-refractivity contribution is 5.78. The Morgan fingerprint density at radius 3 is 1.25 bits per heavy atom. The number of hydrogen-bond acceptors (Lipinski definition) is 1. The van der Waals surface area contributed by atoms with Gasteiger partial charge in [-0.3, -0.25) is 4.79 Å². The van der Waals surface area contributed by atoms with Gasteiger partial charge in [-0.15, -0.1) is 0 Å². The third kappa shape index (κ3) is 27.2. The maximum atomic E-state index is 12.0. The Balaban J connectivity index is 3.23. The lowest BCUT2D eigenvalue weighted by Gasteiger charge is -2.03. The number of carbonyl (C=O) groups is 1. The molecule has 0 bridgehead atoms. The topological polar surface area (TPSA) is 17.1 Å². The second kappa shape index (κ2) is 28.2. The van der Waals surface area contributed by atoms with Crippen LogP contribution in [-0.2, 0) is 4.79 Å². The second-order valence-electron chi connectivity index (χ2n) is 9.80. The Kier molecular flexibility index (Phi) is 27.4. The molecule has 188 valence electrons. The minimum absolute atomic E-state index is 0.510. The standard InChI is InChI=1S/C31H58O/c1-3-5-7-9-11-13-14-15-16-17-18-19-20-22-24-26-28-30-31(32)29-27-25-23-21-12-10-8-6-4-2/h11,13,15-16H,3-10,12,14,17-30H2,1-2H3/b13-11-,16-15-. The largest absolute Gasteiger partial charge is 0.300 e. The van der Waals surface area contributed by atoms with E-state index >= 15 is 0 Å². The molecule has 0 radical (unpaired) electrons. The van der Waals surface area contributed by atoms with E-state index in [2.05, 4.69) is 38.2 Å². The SMILES string of the molecule is CCCCC/C=C\C/C=C\CCCCCCCCCC(=O)CCCCCCCCCCC. The van der Waals surface area contributed by atoms with E-state index in [-0.39, 0.29) is 0 Å². The van der Waals surface area contributed by atoms with Crippen LogP contribution in [0.4, 0.5) is 0 Å². The van der Waals surface area contributed by atoms with Crippen molar-refractivity contribution in [3.05, 3.63) is 24.3 Å². The van der Waals surface area contributed by atoms with Crippen molar-refractivity contribution < 1.29 is 4.79 Å². The summed E-state index contributed by atoms with van der Waals surface area (Å²) >= 11 is 0. The highest BCUT2D eigenvalue weighted by Crippen LogP contribution is 2.13. The number of carbonyl (C=O) groups excluding carboxylic acids is 1. The van der Waals surface area contributed by atoms with Crippen molar-refractivity contribution in [2.45, 2.75) is 168 Å². The van der Waals surface area contributed by atoms with Crippen LogP contribution in [0.3, 0.4) is 0 Å². The fourth-order valence-electron chi connectivity index (χ4n) is 4.24. The van der Waals surface area contributed by atoms with Crippen LogP contribution in [0.15, 0.2) is 24.3 Å². The van der Waals surface area contributed by atoms with Crippen molar-refractivity contribution in [1.29, 1.82) is 0 Å². The van der Waals surface area contributed by atoms with E-state index in [1.165, 1.54) is 122 Å². The van der Waals surface area contributed by atoms with Gasteiger partial charge in [-0.2, -0.15) is 0 Å². The van der Waals surface area contributed by atoms with Gasteiger partial charge in [-0.05, 0) is 44.9 Å². The molecule has 32 heavy (non-hydrogen) atoms. The Labute approximate surface area is 202 Å². The molecule has 0 aromatic heterocycles. The first-order valence-electron chi connectivity index (χ1n) is 14.6. The third-order valence-electron chi connectivity index (χ3n) is 6.47. The van der Waals surface area contributed by atoms with Gasteiger partial charge in [-0.25, -0.2) is 0 Å². The maximum Gasteiger partial charge on any atom is 0.132 e. The lowest BCUT2D eigenvalue weighted by Crippen LogP contribution is -1.97. The molecule has 0 saturated carbocycles. The minimum atomic E-state index is 0.510. The Hall–Kier alpha value is -0.850. The summed E-state index contributed by atoms with van der Waals surface area (Å²) in [5, 5.41) is 0. The molecule has 0 saturated heterocycles. The molecule has 0 aliphatic heterocycles. The Morgan fingerprint density at radius 1 is 0.438 bits per heavy atom. The fourth-order valence-corrected chi connectivity index (χ4v) is 4.24. The molecule has 0 spiro atoms. The first-order valence-corrected chi connectivity index (χ1v) is 14.6. The molecule has 0 amide bonds. The molecule has 0 fully saturated rings. The molecule has 0 aliphatic rings. The first kappa shape index (κ1) is 31.1. The van der Waals surface area contributed by atoms with Crippen LogP contribution in [0.25, 0.3) is 0 Å². The Morgan fingerprint density at radius 2 is 0.781 bits per heavy atom. The van der Waals surface area contributed by atoms with Crippen molar-refractivity contribution in [2.75, 3.05) is 0 Å². The quantitative estimate of drug-likeness (QED) is 0.0953. The van der Waals surface area contributed by atoms with Gasteiger partial charge in [0.2, 0.25) is 0 Å². The number of unbranched alkanes of at least 4 members (excludes halogenated alkanes) is 18. The molecule has 0 atom stereocenters. The van der Waals surface area contributed by atoms with Gasteiger partial charge in [0.1, 0.15) is 5.78 Å². The molecule has 1 heteroatoms. The molecule has 0 aromatic rings. The highest BCUT2D eigenvalue weighted by atomic mass is 16.1. The summed E-state index contributed by atoms with van der Waals surface area (Å²) < 4.78 is 0. The van der Waals surface area contributed by atoms with Crippen molar-refractivity contribution in [2.24, 2.45) is 0 Å². The van der Waals surface area contributed by atoms with Gasteiger partial charge < -0.3 is 0 Å². The van der Waals surface area contributed by atoms with Crippen molar-refractivity contribution >= 4 is 5.78 Å². The number of hydrogen-bond donors (Lipinski definition) is 0. The zero-order valence-corrected chi connectivity index (χ0v) is 22.2. The average Bonchev–Trinajstić information content (AvgIpc) is 2.80. The molecule has 0 aliphatic carbocycles. The van der Waals surface area contributed by atoms with Gasteiger partial charge in [0, 0.05) is 12.8 Å². The van der Waals surface area contributed by atoms with E-state index in [9.17, 15) is 4.79 Å². The minimum Gasteiger partial charge on any atom is -0.300 e. The number of allylic oxidation sites excluding steroid dienone is 4.